The second-order valence-electron chi connectivity index (χ2n) is 6.39. The largest absolute Gasteiger partial charge is 0.483 e. The number of hydrogen-bond donors (Lipinski definition) is 1. The number of rotatable bonds is 6. The van der Waals surface area contributed by atoms with Crippen molar-refractivity contribution in [2.45, 2.75) is 39.0 Å². The highest BCUT2D eigenvalue weighted by molar-refractivity contribution is 7.15. The molecule has 1 aromatic carbocycles. The van der Waals surface area contributed by atoms with Gasteiger partial charge in [-0.2, -0.15) is 0 Å². The number of nitrogens with one attached hydrogen (secondary N) is 1. The third-order valence-electron chi connectivity index (χ3n) is 4.43. The van der Waals surface area contributed by atoms with Gasteiger partial charge < -0.3 is 9.64 Å². The fourth-order valence-electron chi connectivity index (χ4n) is 2.94. The normalized spacial score (nSPS) is 14.5. The molecule has 1 saturated heterocycles. The smallest absolute Gasteiger partial charge is 0.261 e. The van der Waals surface area contributed by atoms with Crippen LogP contribution in [0.25, 0.3) is 0 Å². The molecule has 1 aromatic heterocycles. The number of aryl methyl sites for hydroxylation is 1. The lowest BCUT2D eigenvalue weighted by Gasteiger charge is -2.20. The zero-order valence-corrected chi connectivity index (χ0v) is 16.3. The Morgan fingerprint density at radius 2 is 1.89 bits per heavy atom. The first-order chi connectivity index (χ1) is 13.2. The van der Waals surface area contributed by atoms with Gasteiger partial charge in [-0.25, -0.2) is 0 Å². The van der Waals surface area contributed by atoms with Crippen LogP contribution in [0.3, 0.4) is 0 Å². The first-order valence-electron chi connectivity index (χ1n) is 9.30. The second kappa shape index (κ2) is 9.45. The molecule has 2 heterocycles. The fraction of sp³-hybridized carbons (Fsp3) is 0.474. The Morgan fingerprint density at radius 3 is 2.59 bits per heavy atom. The lowest BCUT2D eigenvalue weighted by molar-refractivity contribution is -0.133. The molecule has 1 fully saturated rings. The molecule has 1 aliphatic rings. The van der Waals surface area contributed by atoms with Gasteiger partial charge in [0.05, 0.1) is 5.56 Å². The predicted molar refractivity (Wildman–Crippen MR) is 104 cm³/mol. The van der Waals surface area contributed by atoms with Gasteiger partial charge in [-0.1, -0.05) is 43.2 Å². The second-order valence-corrected chi connectivity index (χ2v) is 7.45. The SMILES string of the molecule is CCc1nnc(NC(=O)c2ccccc2OCC(=O)N2CCCCCC2)s1. The Labute approximate surface area is 162 Å². The number of nitrogens with zero attached hydrogens (tertiary/aromatic N) is 3. The molecule has 1 N–H and O–H groups in total. The number of benzene rings is 1. The van der Waals surface area contributed by atoms with Crippen LogP contribution in [-0.2, 0) is 11.2 Å². The van der Waals surface area contributed by atoms with Crippen LogP contribution in [-0.4, -0.2) is 46.6 Å². The van der Waals surface area contributed by atoms with E-state index in [9.17, 15) is 9.59 Å². The van der Waals surface area contributed by atoms with Crippen LogP contribution in [0.2, 0.25) is 0 Å². The first-order valence-corrected chi connectivity index (χ1v) is 10.1. The van der Waals surface area contributed by atoms with Gasteiger partial charge in [0.25, 0.3) is 11.8 Å². The quantitative estimate of drug-likeness (QED) is 0.822. The molecule has 0 unspecified atom stereocenters. The minimum Gasteiger partial charge on any atom is -0.483 e. The zero-order valence-electron chi connectivity index (χ0n) is 15.4. The Bertz CT molecular complexity index is 785. The minimum absolute atomic E-state index is 0.0381. The Kier molecular flexibility index (Phi) is 6.75. The van der Waals surface area contributed by atoms with Crippen LogP contribution in [0.5, 0.6) is 5.75 Å². The van der Waals surface area contributed by atoms with Gasteiger partial charge in [-0.15, -0.1) is 10.2 Å². The molecule has 0 atom stereocenters. The summed E-state index contributed by atoms with van der Waals surface area (Å²) in [7, 11) is 0. The van der Waals surface area contributed by atoms with Gasteiger partial charge in [-0.05, 0) is 31.4 Å². The van der Waals surface area contributed by atoms with E-state index in [0.29, 0.717) is 16.4 Å². The van der Waals surface area contributed by atoms with E-state index >= 15 is 0 Å². The number of para-hydroxylation sites is 1. The predicted octanol–water partition coefficient (Wildman–Crippen LogP) is 3.13. The molecule has 0 bridgehead atoms. The summed E-state index contributed by atoms with van der Waals surface area (Å²) in [6.07, 6.45) is 5.17. The summed E-state index contributed by atoms with van der Waals surface area (Å²) in [4.78, 5) is 26.8. The Hall–Kier alpha value is -2.48. The maximum Gasteiger partial charge on any atom is 0.261 e. The van der Waals surface area contributed by atoms with E-state index in [2.05, 4.69) is 15.5 Å². The van der Waals surface area contributed by atoms with Crippen molar-refractivity contribution in [1.82, 2.24) is 15.1 Å². The number of hydrogen-bond acceptors (Lipinski definition) is 6. The van der Waals surface area contributed by atoms with Crippen LogP contribution in [0.1, 0.15) is 48.0 Å². The average Bonchev–Trinajstić information content (AvgIpc) is 2.97. The van der Waals surface area contributed by atoms with Crippen molar-refractivity contribution in [3.63, 3.8) is 0 Å². The molecule has 2 aromatic rings. The molecule has 144 valence electrons. The minimum atomic E-state index is -0.327. The summed E-state index contributed by atoms with van der Waals surface area (Å²) in [5, 5.41) is 12.0. The summed E-state index contributed by atoms with van der Waals surface area (Å²) in [5.41, 5.74) is 0.370. The van der Waals surface area contributed by atoms with Crippen LogP contribution in [0.15, 0.2) is 24.3 Å². The molecule has 0 aliphatic carbocycles. The molecule has 1 aliphatic heterocycles. The van der Waals surface area contributed by atoms with Crippen molar-refractivity contribution in [2.24, 2.45) is 0 Å². The van der Waals surface area contributed by atoms with Gasteiger partial charge in [0, 0.05) is 13.1 Å². The van der Waals surface area contributed by atoms with Gasteiger partial charge in [0.1, 0.15) is 10.8 Å². The summed E-state index contributed by atoms with van der Waals surface area (Å²) < 4.78 is 5.69. The van der Waals surface area contributed by atoms with E-state index in [0.717, 1.165) is 37.4 Å². The summed E-state index contributed by atoms with van der Waals surface area (Å²) in [5.74, 6) is 0.0221. The van der Waals surface area contributed by atoms with Crippen LogP contribution in [0, 0.1) is 0 Å². The molecular formula is C19H24N4O3S. The van der Waals surface area contributed by atoms with Gasteiger partial charge in [-0.3, -0.25) is 14.9 Å². The zero-order chi connectivity index (χ0) is 19.1. The van der Waals surface area contributed by atoms with Gasteiger partial charge >= 0.3 is 0 Å². The van der Waals surface area contributed by atoms with E-state index < -0.39 is 0 Å². The monoisotopic (exact) mass is 388 g/mol. The molecule has 7 nitrogen and oxygen atoms in total. The summed E-state index contributed by atoms with van der Waals surface area (Å²) in [6, 6.07) is 6.91. The molecule has 8 heteroatoms. The average molecular weight is 388 g/mol. The van der Waals surface area contributed by atoms with E-state index in [1.807, 2.05) is 11.8 Å². The lowest BCUT2D eigenvalue weighted by Crippen LogP contribution is -2.35. The summed E-state index contributed by atoms with van der Waals surface area (Å²) >= 11 is 1.34. The highest BCUT2D eigenvalue weighted by Crippen LogP contribution is 2.22. The van der Waals surface area contributed by atoms with Gasteiger partial charge in [0.2, 0.25) is 5.13 Å². The van der Waals surface area contributed by atoms with Crippen LogP contribution >= 0.6 is 11.3 Å². The van der Waals surface area contributed by atoms with Crippen LogP contribution in [0.4, 0.5) is 5.13 Å². The number of ether oxygens (including phenoxy) is 1. The molecular weight excluding hydrogens is 364 g/mol. The molecule has 0 spiro atoms. The first kappa shape index (κ1) is 19.3. The molecule has 27 heavy (non-hydrogen) atoms. The number of amides is 2. The number of carbonyl (C=O) groups excluding carboxylic acids is 2. The van der Waals surface area contributed by atoms with E-state index in [4.69, 9.17) is 4.74 Å². The number of aromatic nitrogens is 2. The maximum absolute atomic E-state index is 12.6. The maximum atomic E-state index is 12.6. The molecule has 3 rings (SSSR count). The topological polar surface area (TPSA) is 84.4 Å². The van der Waals surface area contributed by atoms with Gasteiger partial charge in [0.15, 0.2) is 6.61 Å². The highest BCUT2D eigenvalue weighted by Gasteiger charge is 2.18. The number of carbonyl (C=O) groups is 2. The van der Waals surface area contributed by atoms with E-state index in [-0.39, 0.29) is 18.4 Å². The molecule has 2 amide bonds. The van der Waals surface area contributed by atoms with Crippen molar-refractivity contribution in [2.75, 3.05) is 25.0 Å². The van der Waals surface area contributed by atoms with Crippen molar-refractivity contribution >= 4 is 28.3 Å². The standard InChI is InChI=1S/C19H24N4O3S/c1-2-16-21-22-19(27-16)20-18(25)14-9-5-6-10-15(14)26-13-17(24)23-11-7-3-4-8-12-23/h5-6,9-10H,2-4,7-8,11-13H2,1H3,(H,20,22,25). The van der Waals surface area contributed by atoms with Crippen molar-refractivity contribution < 1.29 is 14.3 Å². The van der Waals surface area contributed by atoms with E-state index in [1.54, 1.807) is 24.3 Å². The van der Waals surface area contributed by atoms with Crippen molar-refractivity contribution in [1.29, 1.82) is 0 Å². The molecule has 0 saturated carbocycles. The Morgan fingerprint density at radius 1 is 1.15 bits per heavy atom. The third-order valence-corrected chi connectivity index (χ3v) is 5.41. The van der Waals surface area contributed by atoms with Crippen LogP contribution < -0.4 is 10.1 Å². The number of likely N-dealkylation sites (tertiary alicyclic amines) is 1. The van der Waals surface area contributed by atoms with E-state index in [1.165, 1.54) is 24.2 Å². The molecule has 0 radical (unpaired) electrons. The summed E-state index contributed by atoms with van der Waals surface area (Å²) in [6.45, 7) is 3.47. The fourth-order valence-corrected chi connectivity index (χ4v) is 3.62. The highest BCUT2D eigenvalue weighted by atomic mass is 32.1. The van der Waals surface area contributed by atoms with Crippen molar-refractivity contribution in [3.05, 3.63) is 34.8 Å². The lowest BCUT2D eigenvalue weighted by atomic mass is 10.2. The Balaban J connectivity index is 1.62. The van der Waals surface area contributed by atoms with Crippen molar-refractivity contribution in [3.8, 4) is 5.75 Å². The third kappa shape index (κ3) is 5.26. The number of anilines is 1.